The van der Waals surface area contributed by atoms with Gasteiger partial charge in [-0.05, 0) is 64.3 Å². The summed E-state index contributed by atoms with van der Waals surface area (Å²) in [6.07, 6.45) is 0. The zero-order valence-electron chi connectivity index (χ0n) is 16.9. The summed E-state index contributed by atoms with van der Waals surface area (Å²) in [6.45, 7) is 3.55. The van der Waals surface area contributed by atoms with Gasteiger partial charge < -0.3 is 37.2 Å². The van der Waals surface area contributed by atoms with Gasteiger partial charge in [0.15, 0.2) is 11.5 Å². The second-order valence-electron chi connectivity index (χ2n) is 6.81. The molecule has 0 amide bonds. The molecule has 0 unspecified atom stereocenters. The number of nitrogens with one attached hydrogen (secondary N) is 3. The first-order chi connectivity index (χ1) is 14.6. The van der Waals surface area contributed by atoms with Gasteiger partial charge in [0, 0.05) is 12.2 Å². The number of halogens is 2. The molecular weight excluding hydrogens is 482 g/mol. The van der Waals surface area contributed by atoms with Crippen molar-refractivity contribution in [2.24, 2.45) is 0 Å². The van der Waals surface area contributed by atoms with Crippen LogP contribution < -0.4 is 32.9 Å². The van der Waals surface area contributed by atoms with Crippen molar-refractivity contribution in [3.63, 3.8) is 0 Å². The highest BCUT2D eigenvalue weighted by molar-refractivity contribution is 9.10. The Balaban J connectivity index is 0.00000272. The van der Waals surface area contributed by atoms with E-state index in [1.165, 1.54) is 0 Å². The Morgan fingerprint density at radius 1 is 0.935 bits per heavy atom. The van der Waals surface area contributed by atoms with Crippen molar-refractivity contribution in [2.45, 2.75) is 20.1 Å². The van der Waals surface area contributed by atoms with E-state index in [9.17, 15) is 4.79 Å². The summed E-state index contributed by atoms with van der Waals surface area (Å²) in [5.41, 5.74) is 4.39. The molecule has 0 bridgehead atoms. The van der Waals surface area contributed by atoms with Gasteiger partial charge in [0.1, 0.15) is 6.61 Å². The molecule has 0 aliphatic heterocycles. The Hall–Kier alpha value is -2.90. The molecule has 3 aromatic carbocycles. The van der Waals surface area contributed by atoms with E-state index in [0.29, 0.717) is 31.3 Å². The topological polar surface area (TPSA) is 79.1 Å². The minimum Gasteiger partial charge on any atom is -1.00 e. The molecule has 1 aromatic heterocycles. The smallest absolute Gasteiger partial charge is 0.323 e. The number of imidazole rings is 1. The molecule has 4 rings (SSSR count). The summed E-state index contributed by atoms with van der Waals surface area (Å²) in [6, 6.07) is 19.7. The predicted octanol–water partition coefficient (Wildman–Crippen LogP) is 2.21. The van der Waals surface area contributed by atoms with Crippen molar-refractivity contribution in [1.82, 2.24) is 9.97 Å². The van der Waals surface area contributed by atoms with Crippen LogP contribution in [0.1, 0.15) is 18.1 Å². The monoisotopic (exact) mass is 502 g/mol. The van der Waals surface area contributed by atoms with Crippen molar-refractivity contribution in [3.05, 3.63) is 86.7 Å². The fourth-order valence-corrected chi connectivity index (χ4v) is 3.81. The van der Waals surface area contributed by atoms with Gasteiger partial charge in [-0.15, -0.1) is 0 Å². The molecule has 0 aliphatic rings. The molecule has 4 aromatic rings. The van der Waals surface area contributed by atoms with Gasteiger partial charge in [-0.1, -0.05) is 30.3 Å². The van der Waals surface area contributed by atoms with Crippen molar-refractivity contribution in [1.29, 1.82) is 0 Å². The number of H-pyrrole nitrogens is 2. The summed E-state index contributed by atoms with van der Waals surface area (Å²) in [5.74, 6) is 1.39. The standard InChI is InChI=1S/C23H22BrN3O3.ClH/c1-2-29-21-11-16(10-18(24)22(21)30-14-15-6-4-3-5-7-15)13-25-17-8-9-19-20(12-17)27-23(28)26-19;/h3-12,25H,2,13-14H2,1H3,(H2,26,27,28);1H/p-1. The van der Waals surface area contributed by atoms with E-state index in [-0.39, 0.29) is 18.1 Å². The molecule has 0 aliphatic carbocycles. The Kier molecular flexibility index (Phi) is 7.65. The van der Waals surface area contributed by atoms with E-state index >= 15 is 0 Å². The zero-order chi connectivity index (χ0) is 20.9. The molecule has 8 heteroatoms. The average molecular weight is 504 g/mol. The highest BCUT2D eigenvalue weighted by atomic mass is 79.9. The quantitative estimate of drug-likeness (QED) is 0.345. The number of anilines is 1. The lowest BCUT2D eigenvalue weighted by atomic mass is 10.2. The molecule has 0 saturated carbocycles. The van der Waals surface area contributed by atoms with Crippen LogP contribution in [-0.2, 0) is 13.2 Å². The largest absolute Gasteiger partial charge is 1.00 e. The van der Waals surface area contributed by atoms with Crippen LogP contribution in [-0.4, -0.2) is 16.6 Å². The van der Waals surface area contributed by atoms with E-state index < -0.39 is 0 Å². The molecule has 0 saturated heterocycles. The van der Waals surface area contributed by atoms with Crippen molar-refractivity contribution >= 4 is 32.7 Å². The molecule has 162 valence electrons. The van der Waals surface area contributed by atoms with Gasteiger partial charge in [0.05, 0.1) is 22.1 Å². The highest BCUT2D eigenvalue weighted by Crippen LogP contribution is 2.37. The summed E-state index contributed by atoms with van der Waals surface area (Å²) < 4.78 is 12.7. The van der Waals surface area contributed by atoms with E-state index in [1.807, 2.05) is 67.6 Å². The molecule has 31 heavy (non-hydrogen) atoms. The third-order valence-corrected chi connectivity index (χ3v) is 5.20. The van der Waals surface area contributed by atoms with Gasteiger partial charge >= 0.3 is 5.69 Å². The average Bonchev–Trinajstić information content (AvgIpc) is 3.12. The Morgan fingerprint density at radius 3 is 2.48 bits per heavy atom. The van der Waals surface area contributed by atoms with Crippen LogP contribution in [0.3, 0.4) is 0 Å². The fraction of sp³-hybridized carbons (Fsp3) is 0.174. The third kappa shape index (κ3) is 5.62. The molecule has 1 heterocycles. The summed E-state index contributed by atoms with van der Waals surface area (Å²) in [7, 11) is 0. The van der Waals surface area contributed by atoms with E-state index in [0.717, 1.165) is 32.3 Å². The van der Waals surface area contributed by atoms with Gasteiger partial charge in [-0.25, -0.2) is 4.79 Å². The van der Waals surface area contributed by atoms with Gasteiger partial charge in [0.2, 0.25) is 0 Å². The molecule has 6 nitrogen and oxygen atoms in total. The maximum Gasteiger partial charge on any atom is 0.323 e. The number of hydrogen-bond donors (Lipinski definition) is 3. The maximum atomic E-state index is 11.4. The van der Waals surface area contributed by atoms with Gasteiger partial charge in [-0.3, -0.25) is 0 Å². The molecule has 0 fully saturated rings. The normalized spacial score (nSPS) is 10.5. The van der Waals surface area contributed by atoms with Crippen LogP contribution in [0.25, 0.3) is 11.0 Å². The number of hydrogen-bond acceptors (Lipinski definition) is 4. The van der Waals surface area contributed by atoms with Crippen LogP contribution in [0, 0.1) is 0 Å². The third-order valence-electron chi connectivity index (χ3n) is 4.61. The number of aromatic nitrogens is 2. The van der Waals surface area contributed by atoms with E-state index in [4.69, 9.17) is 9.47 Å². The fourth-order valence-electron chi connectivity index (χ4n) is 3.20. The Morgan fingerprint density at radius 2 is 1.71 bits per heavy atom. The van der Waals surface area contributed by atoms with Crippen molar-refractivity contribution in [2.75, 3.05) is 11.9 Å². The first-order valence-corrected chi connectivity index (χ1v) is 10.5. The van der Waals surface area contributed by atoms with Gasteiger partial charge in [0.25, 0.3) is 0 Å². The number of fused-ring (bicyclic) bond motifs is 1. The van der Waals surface area contributed by atoms with E-state index in [2.05, 4.69) is 31.2 Å². The molecule has 0 atom stereocenters. The SMILES string of the molecule is CCOc1cc(CNc2ccc3[nH]c(=O)[nH]c3c2)cc(Br)c1OCc1ccccc1.[Cl-]. The molecule has 0 spiro atoms. The zero-order valence-corrected chi connectivity index (χ0v) is 19.2. The minimum absolute atomic E-state index is 0. The first kappa shape index (κ1) is 22.8. The number of aromatic amines is 2. The Labute approximate surface area is 194 Å². The van der Waals surface area contributed by atoms with Crippen LogP contribution in [0.4, 0.5) is 5.69 Å². The second-order valence-corrected chi connectivity index (χ2v) is 7.66. The number of benzene rings is 3. The first-order valence-electron chi connectivity index (χ1n) is 9.70. The van der Waals surface area contributed by atoms with Crippen molar-refractivity contribution < 1.29 is 21.9 Å². The lowest BCUT2D eigenvalue weighted by Crippen LogP contribution is -3.00. The van der Waals surface area contributed by atoms with Crippen LogP contribution in [0.15, 0.2) is 69.9 Å². The molecule has 0 radical (unpaired) electrons. The van der Waals surface area contributed by atoms with Gasteiger partial charge in [-0.2, -0.15) is 0 Å². The molecule has 3 N–H and O–H groups in total. The Bertz CT molecular complexity index is 1210. The lowest BCUT2D eigenvalue weighted by Gasteiger charge is -2.16. The second kappa shape index (κ2) is 10.4. The highest BCUT2D eigenvalue weighted by Gasteiger charge is 2.13. The molecular formula is C23H22BrClN3O3-. The van der Waals surface area contributed by atoms with Crippen LogP contribution in [0.5, 0.6) is 11.5 Å². The predicted molar refractivity (Wildman–Crippen MR) is 122 cm³/mol. The van der Waals surface area contributed by atoms with E-state index in [1.54, 1.807) is 0 Å². The summed E-state index contributed by atoms with van der Waals surface area (Å²) >= 11 is 3.63. The summed E-state index contributed by atoms with van der Waals surface area (Å²) in [4.78, 5) is 16.9. The van der Waals surface area contributed by atoms with Crippen molar-refractivity contribution in [3.8, 4) is 11.5 Å². The summed E-state index contributed by atoms with van der Waals surface area (Å²) in [5, 5.41) is 3.38. The maximum absolute atomic E-state index is 11.4. The minimum atomic E-state index is -0.210. The van der Waals surface area contributed by atoms with Crippen LogP contribution in [0.2, 0.25) is 0 Å². The number of rotatable bonds is 8. The van der Waals surface area contributed by atoms with Crippen LogP contribution >= 0.6 is 15.9 Å². The lowest BCUT2D eigenvalue weighted by molar-refractivity contribution is -0.00000684. The number of ether oxygens (including phenoxy) is 2.